The van der Waals surface area contributed by atoms with Crippen molar-refractivity contribution in [1.82, 2.24) is 9.88 Å². The van der Waals surface area contributed by atoms with Gasteiger partial charge in [0, 0.05) is 35.4 Å². The van der Waals surface area contributed by atoms with E-state index in [4.69, 9.17) is 0 Å². The van der Waals surface area contributed by atoms with Crippen molar-refractivity contribution in [1.29, 1.82) is 0 Å². The summed E-state index contributed by atoms with van der Waals surface area (Å²) in [5.74, 6) is 0.531. The molecule has 6 heteroatoms. The lowest BCUT2D eigenvalue weighted by Gasteiger charge is -2.31. The number of anilines is 1. The van der Waals surface area contributed by atoms with Gasteiger partial charge in [-0.25, -0.2) is 4.98 Å². The number of nitrogens with one attached hydrogen (secondary N) is 1. The van der Waals surface area contributed by atoms with Crippen molar-refractivity contribution in [3.05, 3.63) is 34.7 Å². The van der Waals surface area contributed by atoms with Crippen LogP contribution in [0, 0.1) is 18.8 Å². The van der Waals surface area contributed by atoms with E-state index >= 15 is 0 Å². The third kappa shape index (κ3) is 4.69. The first kappa shape index (κ1) is 20.1. The summed E-state index contributed by atoms with van der Waals surface area (Å²) in [6, 6.07) is 8.55. The van der Waals surface area contributed by atoms with E-state index in [1.165, 1.54) is 16.9 Å². The number of rotatable bonds is 6. The van der Waals surface area contributed by atoms with Gasteiger partial charge in [-0.3, -0.25) is 9.59 Å². The van der Waals surface area contributed by atoms with Crippen LogP contribution >= 0.6 is 11.3 Å². The van der Waals surface area contributed by atoms with E-state index in [1.807, 2.05) is 11.8 Å². The summed E-state index contributed by atoms with van der Waals surface area (Å²) in [6.07, 6.45) is 5.76. The number of carbonyl (C=O) groups is 2. The normalized spacial score (nSPS) is 17.4. The minimum Gasteiger partial charge on any atom is -0.342 e. The van der Waals surface area contributed by atoms with Gasteiger partial charge in [0.25, 0.3) is 0 Å². The lowest BCUT2D eigenvalue weighted by molar-refractivity contribution is -0.135. The molecule has 29 heavy (non-hydrogen) atoms. The maximum absolute atomic E-state index is 12.7. The van der Waals surface area contributed by atoms with Gasteiger partial charge in [0.2, 0.25) is 11.8 Å². The first-order chi connectivity index (χ1) is 14.0. The highest BCUT2D eigenvalue weighted by Gasteiger charge is 2.36. The average Bonchev–Trinajstić information content (AvgIpc) is 3.52. The Morgan fingerprint density at radius 1 is 1.10 bits per heavy atom. The monoisotopic (exact) mass is 411 g/mol. The highest BCUT2D eigenvalue weighted by molar-refractivity contribution is 7.16. The molecular weight excluding hydrogens is 382 g/mol. The molecule has 1 aliphatic carbocycles. The van der Waals surface area contributed by atoms with Crippen molar-refractivity contribution in [3.8, 4) is 11.3 Å². The highest BCUT2D eigenvalue weighted by Crippen LogP contribution is 2.33. The smallest absolute Gasteiger partial charge is 0.229 e. The summed E-state index contributed by atoms with van der Waals surface area (Å²) in [5.41, 5.74) is 3.37. The number of aryl methyl sites for hydroxylation is 2. The zero-order valence-electron chi connectivity index (χ0n) is 17.2. The van der Waals surface area contributed by atoms with Gasteiger partial charge in [-0.1, -0.05) is 37.6 Å². The number of benzene rings is 1. The molecular formula is C23H29N3O2S. The number of likely N-dealkylation sites (tertiary alicyclic amines) is 1. The van der Waals surface area contributed by atoms with Crippen LogP contribution in [0.3, 0.4) is 0 Å². The van der Waals surface area contributed by atoms with Gasteiger partial charge >= 0.3 is 0 Å². The van der Waals surface area contributed by atoms with Crippen molar-refractivity contribution in [2.45, 2.75) is 52.4 Å². The summed E-state index contributed by atoms with van der Waals surface area (Å²) in [5, 5.41) is 3.68. The quantitative estimate of drug-likeness (QED) is 0.752. The molecule has 0 bridgehead atoms. The largest absolute Gasteiger partial charge is 0.342 e. The number of thiazole rings is 1. The van der Waals surface area contributed by atoms with E-state index < -0.39 is 0 Å². The number of piperidine rings is 1. The van der Waals surface area contributed by atoms with Crippen LogP contribution < -0.4 is 5.32 Å². The number of aromatic nitrogens is 1. The van der Waals surface area contributed by atoms with Crippen LogP contribution in [-0.2, 0) is 16.0 Å². The molecule has 2 aliphatic rings. The topological polar surface area (TPSA) is 62.3 Å². The predicted octanol–water partition coefficient (Wildman–Crippen LogP) is 4.66. The number of nitrogens with zero attached hydrogens (tertiary/aromatic N) is 2. The van der Waals surface area contributed by atoms with E-state index in [0.29, 0.717) is 18.2 Å². The van der Waals surface area contributed by atoms with Crippen molar-refractivity contribution in [3.63, 3.8) is 0 Å². The molecule has 2 heterocycles. The maximum Gasteiger partial charge on any atom is 0.229 e. The number of amides is 2. The van der Waals surface area contributed by atoms with Gasteiger partial charge in [-0.2, -0.15) is 0 Å². The second kappa shape index (κ2) is 8.66. The molecule has 1 aromatic heterocycles. The molecule has 2 amide bonds. The summed E-state index contributed by atoms with van der Waals surface area (Å²) in [4.78, 5) is 32.6. The Balaban J connectivity index is 1.35. The minimum atomic E-state index is -0.0424. The molecule has 1 saturated carbocycles. The van der Waals surface area contributed by atoms with E-state index in [0.717, 1.165) is 54.7 Å². The summed E-state index contributed by atoms with van der Waals surface area (Å²) >= 11 is 1.53. The molecule has 1 aromatic carbocycles. The third-order valence-electron chi connectivity index (χ3n) is 5.90. The van der Waals surface area contributed by atoms with E-state index in [2.05, 4.69) is 41.5 Å². The Labute approximate surface area is 176 Å². The Kier molecular flexibility index (Phi) is 5.99. The first-order valence-corrected chi connectivity index (χ1v) is 11.5. The number of carbonyl (C=O) groups excluding carboxylic acids is 2. The van der Waals surface area contributed by atoms with Crippen LogP contribution in [0.15, 0.2) is 24.3 Å². The van der Waals surface area contributed by atoms with Crippen LogP contribution in [0.1, 0.15) is 49.5 Å². The summed E-state index contributed by atoms with van der Waals surface area (Å²) in [6.45, 7) is 5.62. The summed E-state index contributed by atoms with van der Waals surface area (Å²) in [7, 11) is 0. The standard InChI is InChI=1S/C23H29N3O2S/c1-3-4-16-5-7-17(8-6-16)20-15(2)29-23(24-20)25-21(27)18-11-13-26(14-12-18)22(28)19-9-10-19/h5-8,18-19H,3-4,9-14H2,1-2H3,(H,24,25,27). The predicted molar refractivity (Wildman–Crippen MR) is 117 cm³/mol. The SMILES string of the molecule is CCCc1ccc(-c2nc(NC(=O)C3CCN(C(=O)C4CC4)CC3)sc2C)cc1. The molecule has 5 nitrogen and oxygen atoms in total. The van der Waals surface area contributed by atoms with Crippen LogP contribution in [0.4, 0.5) is 5.13 Å². The van der Waals surface area contributed by atoms with Crippen LogP contribution in [0.25, 0.3) is 11.3 Å². The van der Waals surface area contributed by atoms with Crippen molar-refractivity contribution in [2.75, 3.05) is 18.4 Å². The first-order valence-electron chi connectivity index (χ1n) is 10.7. The molecule has 0 unspecified atom stereocenters. The Bertz CT molecular complexity index is 878. The fourth-order valence-corrected chi connectivity index (χ4v) is 4.83. The van der Waals surface area contributed by atoms with E-state index in [9.17, 15) is 9.59 Å². The second-order valence-electron chi connectivity index (χ2n) is 8.23. The zero-order valence-corrected chi connectivity index (χ0v) is 18.1. The van der Waals surface area contributed by atoms with Gasteiger partial charge in [-0.05, 0) is 44.6 Å². The fourth-order valence-electron chi connectivity index (χ4n) is 3.99. The molecule has 0 spiro atoms. The van der Waals surface area contributed by atoms with E-state index in [-0.39, 0.29) is 23.7 Å². The lowest BCUT2D eigenvalue weighted by Crippen LogP contribution is -2.42. The van der Waals surface area contributed by atoms with Gasteiger partial charge in [-0.15, -0.1) is 11.3 Å². The Morgan fingerprint density at radius 3 is 2.41 bits per heavy atom. The molecule has 154 valence electrons. The van der Waals surface area contributed by atoms with Crippen molar-refractivity contribution < 1.29 is 9.59 Å². The van der Waals surface area contributed by atoms with E-state index in [1.54, 1.807) is 0 Å². The zero-order chi connectivity index (χ0) is 20.4. The molecule has 0 atom stereocenters. The van der Waals surface area contributed by atoms with Crippen LogP contribution in [-0.4, -0.2) is 34.8 Å². The molecule has 0 radical (unpaired) electrons. The maximum atomic E-state index is 12.7. The van der Waals surface area contributed by atoms with Crippen molar-refractivity contribution in [2.24, 2.45) is 11.8 Å². The van der Waals surface area contributed by atoms with Gasteiger partial charge in [0.1, 0.15) is 0 Å². The number of hydrogen-bond donors (Lipinski definition) is 1. The lowest BCUT2D eigenvalue weighted by atomic mass is 9.95. The second-order valence-corrected chi connectivity index (χ2v) is 9.44. The summed E-state index contributed by atoms with van der Waals surface area (Å²) < 4.78 is 0. The van der Waals surface area contributed by atoms with Gasteiger partial charge < -0.3 is 10.2 Å². The Morgan fingerprint density at radius 2 is 1.79 bits per heavy atom. The third-order valence-corrected chi connectivity index (χ3v) is 6.78. The Hall–Kier alpha value is -2.21. The molecule has 2 aromatic rings. The number of hydrogen-bond acceptors (Lipinski definition) is 4. The highest BCUT2D eigenvalue weighted by atomic mass is 32.1. The minimum absolute atomic E-state index is 0.0297. The van der Waals surface area contributed by atoms with Crippen LogP contribution in [0.2, 0.25) is 0 Å². The van der Waals surface area contributed by atoms with Crippen molar-refractivity contribution >= 4 is 28.3 Å². The van der Waals surface area contributed by atoms with Gasteiger partial charge in [0.05, 0.1) is 5.69 Å². The molecule has 1 saturated heterocycles. The fraction of sp³-hybridized carbons (Fsp3) is 0.522. The molecule has 1 aliphatic heterocycles. The van der Waals surface area contributed by atoms with Crippen LogP contribution in [0.5, 0.6) is 0 Å². The molecule has 2 fully saturated rings. The van der Waals surface area contributed by atoms with Gasteiger partial charge in [0.15, 0.2) is 5.13 Å². The molecule has 4 rings (SSSR count). The molecule has 1 N–H and O–H groups in total. The average molecular weight is 412 g/mol.